The Kier molecular flexibility index (Phi) is 1.73. The molecule has 1 aliphatic heterocycles. The van der Waals surface area contributed by atoms with Crippen LogP contribution in [0.25, 0.3) is 0 Å². The molecule has 3 N–H and O–H groups in total. The molecule has 64 valence electrons. The van der Waals surface area contributed by atoms with Gasteiger partial charge < -0.3 is 11.1 Å². The summed E-state index contributed by atoms with van der Waals surface area (Å²) in [4.78, 5) is 11.0. The molecular weight excluding hydrogens is 152 g/mol. The Morgan fingerprint density at radius 2 is 2.42 bits per heavy atom. The number of hydrogen-bond donors (Lipinski definition) is 2. The molecule has 12 heavy (non-hydrogen) atoms. The first kappa shape index (κ1) is 7.55. The molecule has 2 aliphatic rings. The second kappa shape index (κ2) is 2.75. The van der Waals surface area contributed by atoms with Crippen molar-refractivity contribution in [2.24, 2.45) is 11.7 Å². The van der Waals surface area contributed by atoms with Gasteiger partial charge in [-0.15, -0.1) is 0 Å². The van der Waals surface area contributed by atoms with Crippen molar-refractivity contribution >= 4 is 5.91 Å². The number of nitrogens with one attached hydrogen (secondary N) is 1. The van der Waals surface area contributed by atoms with Crippen LogP contribution in [0.1, 0.15) is 12.8 Å². The molecule has 2 rings (SSSR count). The van der Waals surface area contributed by atoms with Crippen LogP contribution >= 0.6 is 0 Å². The summed E-state index contributed by atoms with van der Waals surface area (Å²) in [5, 5.41) is 2.84. The molecule has 3 nitrogen and oxygen atoms in total. The van der Waals surface area contributed by atoms with Crippen LogP contribution in [0.15, 0.2) is 23.9 Å². The van der Waals surface area contributed by atoms with Crippen LogP contribution in [-0.2, 0) is 4.79 Å². The molecule has 2 atom stereocenters. The minimum Gasteiger partial charge on any atom is -0.329 e. The Labute approximate surface area is 71.3 Å². The van der Waals surface area contributed by atoms with Gasteiger partial charge in [0.15, 0.2) is 0 Å². The Balaban J connectivity index is 2.21. The predicted octanol–water partition coefficient (Wildman–Crippen LogP) is 0.294. The molecule has 0 radical (unpaired) electrons. The first-order valence-electron chi connectivity index (χ1n) is 4.21. The molecule has 1 fully saturated rings. The summed E-state index contributed by atoms with van der Waals surface area (Å²) in [6.45, 7) is 0. The second-order valence-electron chi connectivity index (χ2n) is 3.28. The minimum atomic E-state index is 0.0746. The monoisotopic (exact) mass is 164 g/mol. The Bertz CT molecular complexity index is 268. The molecular formula is C9H12N2O. The van der Waals surface area contributed by atoms with Crippen molar-refractivity contribution in [1.82, 2.24) is 5.32 Å². The smallest absolute Gasteiger partial charge is 0.224 e. The summed E-state index contributed by atoms with van der Waals surface area (Å²) in [5.41, 5.74) is 6.84. The molecule has 1 saturated heterocycles. The van der Waals surface area contributed by atoms with E-state index in [1.54, 1.807) is 0 Å². The van der Waals surface area contributed by atoms with Gasteiger partial charge in [-0.1, -0.05) is 12.2 Å². The van der Waals surface area contributed by atoms with Gasteiger partial charge in [-0.2, -0.15) is 0 Å². The second-order valence-corrected chi connectivity index (χ2v) is 3.28. The minimum absolute atomic E-state index is 0.0746. The number of piperidine rings is 1. The van der Waals surface area contributed by atoms with Gasteiger partial charge in [0.1, 0.15) is 0 Å². The van der Waals surface area contributed by atoms with Crippen molar-refractivity contribution < 1.29 is 4.79 Å². The van der Waals surface area contributed by atoms with E-state index in [-0.39, 0.29) is 11.9 Å². The molecule has 1 heterocycles. The molecule has 0 aromatic rings. The number of carbonyl (C=O) groups excluding carboxylic acids is 1. The van der Waals surface area contributed by atoms with E-state index in [0.717, 1.165) is 12.1 Å². The fourth-order valence-electron chi connectivity index (χ4n) is 1.74. The van der Waals surface area contributed by atoms with Gasteiger partial charge in [0, 0.05) is 24.1 Å². The normalized spacial score (nSPS) is 33.8. The summed E-state index contributed by atoms with van der Waals surface area (Å²) in [7, 11) is 0. The van der Waals surface area contributed by atoms with E-state index in [2.05, 4.69) is 5.32 Å². The molecule has 0 spiro atoms. The maximum absolute atomic E-state index is 11.0. The van der Waals surface area contributed by atoms with E-state index in [1.807, 2.05) is 18.2 Å². The molecule has 1 aliphatic carbocycles. The molecule has 2 unspecified atom stereocenters. The van der Waals surface area contributed by atoms with Gasteiger partial charge >= 0.3 is 0 Å². The van der Waals surface area contributed by atoms with Gasteiger partial charge in [0.2, 0.25) is 5.91 Å². The van der Waals surface area contributed by atoms with E-state index in [1.165, 1.54) is 0 Å². The van der Waals surface area contributed by atoms with Gasteiger partial charge in [0.05, 0.1) is 0 Å². The topological polar surface area (TPSA) is 55.1 Å². The van der Waals surface area contributed by atoms with Crippen LogP contribution in [-0.4, -0.2) is 11.9 Å². The highest BCUT2D eigenvalue weighted by molar-refractivity contribution is 5.79. The molecule has 0 bridgehead atoms. The van der Waals surface area contributed by atoms with Crippen LogP contribution in [0.4, 0.5) is 0 Å². The number of nitrogens with two attached hydrogens (primary N) is 1. The summed E-state index contributed by atoms with van der Waals surface area (Å²) in [6, 6.07) is 0.0746. The van der Waals surface area contributed by atoms with Gasteiger partial charge in [-0.3, -0.25) is 4.79 Å². The number of rotatable bonds is 0. The lowest BCUT2D eigenvalue weighted by Crippen LogP contribution is -2.42. The number of fused-ring (bicyclic) bond motifs is 1. The largest absolute Gasteiger partial charge is 0.329 e. The van der Waals surface area contributed by atoms with Crippen molar-refractivity contribution in [2.75, 3.05) is 0 Å². The molecule has 0 aromatic heterocycles. The summed E-state index contributed by atoms with van der Waals surface area (Å²) in [5.74, 6) is 0.438. The van der Waals surface area contributed by atoms with E-state index in [0.29, 0.717) is 12.3 Å². The summed E-state index contributed by atoms with van der Waals surface area (Å²) in [6.07, 6.45) is 7.30. The zero-order chi connectivity index (χ0) is 8.55. The van der Waals surface area contributed by atoms with Crippen molar-refractivity contribution in [3.63, 3.8) is 0 Å². The first-order valence-corrected chi connectivity index (χ1v) is 4.21. The average molecular weight is 164 g/mol. The summed E-state index contributed by atoms with van der Waals surface area (Å²) < 4.78 is 0. The van der Waals surface area contributed by atoms with Crippen LogP contribution in [0.3, 0.4) is 0 Å². The van der Waals surface area contributed by atoms with Crippen LogP contribution in [0, 0.1) is 5.92 Å². The van der Waals surface area contributed by atoms with Gasteiger partial charge in [0.25, 0.3) is 0 Å². The molecule has 3 heteroatoms. The molecule has 1 amide bonds. The highest BCUT2D eigenvalue weighted by Gasteiger charge is 2.27. The zero-order valence-electron chi connectivity index (χ0n) is 6.79. The van der Waals surface area contributed by atoms with Crippen LogP contribution < -0.4 is 11.1 Å². The van der Waals surface area contributed by atoms with Crippen molar-refractivity contribution in [2.45, 2.75) is 18.9 Å². The van der Waals surface area contributed by atoms with Gasteiger partial charge in [-0.25, -0.2) is 0 Å². The highest BCUT2D eigenvalue weighted by atomic mass is 16.1. The quantitative estimate of drug-likeness (QED) is 0.540. The van der Waals surface area contributed by atoms with E-state index in [9.17, 15) is 4.79 Å². The fourth-order valence-corrected chi connectivity index (χ4v) is 1.74. The Morgan fingerprint density at radius 3 is 3.25 bits per heavy atom. The summed E-state index contributed by atoms with van der Waals surface area (Å²) >= 11 is 0. The Hall–Kier alpha value is -1.09. The third kappa shape index (κ3) is 1.16. The fraction of sp³-hybridized carbons (Fsp3) is 0.444. The van der Waals surface area contributed by atoms with Crippen molar-refractivity contribution in [1.29, 1.82) is 0 Å². The van der Waals surface area contributed by atoms with Crippen LogP contribution in [0.2, 0.25) is 0 Å². The zero-order valence-corrected chi connectivity index (χ0v) is 6.79. The maximum Gasteiger partial charge on any atom is 0.224 e. The Morgan fingerprint density at radius 1 is 1.58 bits per heavy atom. The van der Waals surface area contributed by atoms with Crippen molar-refractivity contribution in [3.05, 3.63) is 23.9 Å². The number of carbonyl (C=O) groups is 1. The van der Waals surface area contributed by atoms with Crippen molar-refractivity contribution in [3.8, 4) is 0 Å². The lowest BCUT2D eigenvalue weighted by molar-refractivity contribution is -0.121. The third-order valence-corrected chi connectivity index (χ3v) is 2.44. The average Bonchev–Trinajstić information content (AvgIpc) is 2.04. The number of hydrogen-bond acceptors (Lipinski definition) is 2. The lowest BCUT2D eigenvalue weighted by Gasteiger charge is -2.30. The maximum atomic E-state index is 11.0. The number of allylic oxidation sites excluding steroid dienone is 2. The van der Waals surface area contributed by atoms with E-state index in [4.69, 9.17) is 5.73 Å². The molecule has 0 aromatic carbocycles. The van der Waals surface area contributed by atoms with Gasteiger partial charge in [-0.05, 0) is 12.5 Å². The lowest BCUT2D eigenvalue weighted by atomic mass is 9.85. The standard InChI is InChI=1S/C9H12N2O/c10-7-2-1-3-8-6(7)4-5-9(12)11-8/h1-3,6-7H,4-5,10H2,(H,11,12). The number of amides is 1. The highest BCUT2D eigenvalue weighted by Crippen LogP contribution is 2.25. The van der Waals surface area contributed by atoms with Crippen LogP contribution in [0.5, 0.6) is 0 Å². The predicted molar refractivity (Wildman–Crippen MR) is 46.1 cm³/mol. The first-order chi connectivity index (χ1) is 5.77. The van der Waals surface area contributed by atoms with E-state index < -0.39 is 0 Å². The SMILES string of the molecule is NC1C=CC=C2NC(=O)CCC21. The third-order valence-electron chi connectivity index (χ3n) is 2.44. The molecule has 0 saturated carbocycles. The van der Waals surface area contributed by atoms with E-state index >= 15 is 0 Å².